The molecule has 0 spiro atoms. The first-order chi connectivity index (χ1) is 11.6. The van der Waals surface area contributed by atoms with Crippen LogP contribution >= 0.6 is 0 Å². The van der Waals surface area contributed by atoms with Crippen molar-refractivity contribution in [1.29, 1.82) is 0 Å². The van der Waals surface area contributed by atoms with Gasteiger partial charge in [-0.3, -0.25) is 9.69 Å². The van der Waals surface area contributed by atoms with Crippen LogP contribution in [0.3, 0.4) is 0 Å². The molecule has 1 aliphatic heterocycles. The van der Waals surface area contributed by atoms with Gasteiger partial charge < -0.3 is 9.84 Å². The number of amides is 1. The molecule has 0 bridgehead atoms. The number of hydrogen-bond acceptors (Lipinski definition) is 5. The number of aryl methyl sites for hydroxylation is 1. The lowest BCUT2D eigenvalue weighted by molar-refractivity contribution is -0.121. The number of likely N-dealkylation sites (tertiary alicyclic amines) is 1. The molecule has 1 aromatic carbocycles. The summed E-state index contributed by atoms with van der Waals surface area (Å²) in [5, 5.41) is 6.94. The molecular weight excluding hydrogens is 304 g/mol. The van der Waals surface area contributed by atoms with Crippen LogP contribution in [0.1, 0.15) is 31.2 Å². The zero-order valence-corrected chi connectivity index (χ0v) is 14.3. The second-order valence-corrected chi connectivity index (χ2v) is 6.40. The predicted molar refractivity (Wildman–Crippen MR) is 91.5 cm³/mol. The summed E-state index contributed by atoms with van der Waals surface area (Å²) < 4.78 is 5.22. The second-order valence-electron chi connectivity index (χ2n) is 6.40. The van der Waals surface area contributed by atoms with Gasteiger partial charge in [0.25, 0.3) is 0 Å². The first-order valence-electron chi connectivity index (χ1n) is 8.53. The van der Waals surface area contributed by atoms with Crippen LogP contribution in [0.4, 0.5) is 0 Å². The number of hydrogen-bond donors (Lipinski definition) is 1. The smallest absolute Gasteiger partial charge is 0.236 e. The summed E-state index contributed by atoms with van der Waals surface area (Å²) in [5.41, 5.74) is 2.00. The normalized spacial score (nSPS) is 16.2. The van der Waals surface area contributed by atoms with Crippen LogP contribution in [-0.2, 0) is 11.2 Å². The van der Waals surface area contributed by atoms with Crippen LogP contribution in [0.2, 0.25) is 0 Å². The summed E-state index contributed by atoms with van der Waals surface area (Å²) in [6.07, 6.45) is 2.62. The molecule has 1 saturated heterocycles. The van der Waals surface area contributed by atoms with Gasteiger partial charge in [0.15, 0.2) is 0 Å². The van der Waals surface area contributed by atoms with Crippen molar-refractivity contribution in [2.75, 3.05) is 19.6 Å². The first kappa shape index (κ1) is 16.6. The topological polar surface area (TPSA) is 71.3 Å². The fourth-order valence-corrected chi connectivity index (χ4v) is 3.03. The van der Waals surface area contributed by atoms with Crippen molar-refractivity contribution in [2.45, 2.75) is 39.2 Å². The molecule has 2 heterocycles. The maximum absolute atomic E-state index is 12.1. The highest BCUT2D eigenvalue weighted by Gasteiger charge is 2.19. The van der Waals surface area contributed by atoms with Crippen molar-refractivity contribution in [2.24, 2.45) is 0 Å². The lowest BCUT2D eigenvalue weighted by Crippen LogP contribution is -2.41. The number of rotatable bonds is 6. The van der Waals surface area contributed by atoms with Crippen molar-refractivity contribution in [3.8, 4) is 11.4 Å². The van der Waals surface area contributed by atoms with Crippen LogP contribution in [0.25, 0.3) is 11.4 Å². The maximum atomic E-state index is 12.1. The second kappa shape index (κ2) is 7.57. The highest BCUT2D eigenvalue weighted by atomic mass is 16.5. The number of nitrogens with zero attached hydrogens (tertiary/aromatic N) is 3. The van der Waals surface area contributed by atoms with Crippen molar-refractivity contribution >= 4 is 5.91 Å². The Balaban J connectivity index is 1.53. The molecule has 0 aliphatic carbocycles. The molecule has 1 atom stereocenters. The molecule has 1 aromatic heterocycles. The van der Waals surface area contributed by atoms with Crippen molar-refractivity contribution in [3.05, 3.63) is 35.7 Å². The Morgan fingerprint density at radius 2 is 2.08 bits per heavy atom. The number of carbonyl (C=O) groups is 1. The SMILES string of the molecule is Cc1ccccc1-c1noc(CC(=O)NCC(C)N2CCCC2)n1. The third kappa shape index (κ3) is 4.00. The van der Waals surface area contributed by atoms with Gasteiger partial charge in [0.2, 0.25) is 17.6 Å². The Morgan fingerprint density at radius 1 is 1.33 bits per heavy atom. The van der Waals surface area contributed by atoms with E-state index in [9.17, 15) is 4.79 Å². The number of carbonyl (C=O) groups excluding carboxylic acids is 1. The van der Waals surface area contributed by atoms with Gasteiger partial charge in [-0.2, -0.15) is 4.98 Å². The molecule has 1 fully saturated rings. The quantitative estimate of drug-likeness (QED) is 0.880. The summed E-state index contributed by atoms with van der Waals surface area (Å²) in [7, 11) is 0. The standard InChI is InChI=1S/C18H24N4O2/c1-13-7-3-4-8-15(13)18-20-17(24-21-18)11-16(23)19-12-14(2)22-9-5-6-10-22/h3-4,7-8,14H,5-6,9-12H2,1-2H3,(H,19,23). The summed E-state index contributed by atoms with van der Waals surface area (Å²) in [4.78, 5) is 18.8. The third-order valence-electron chi connectivity index (χ3n) is 4.52. The minimum Gasteiger partial charge on any atom is -0.354 e. The van der Waals surface area contributed by atoms with Gasteiger partial charge in [0.1, 0.15) is 6.42 Å². The fraction of sp³-hybridized carbons (Fsp3) is 0.500. The van der Waals surface area contributed by atoms with Crippen LogP contribution in [-0.4, -0.2) is 46.6 Å². The van der Waals surface area contributed by atoms with Gasteiger partial charge in [-0.1, -0.05) is 29.4 Å². The zero-order chi connectivity index (χ0) is 16.9. The monoisotopic (exact) mass is 328 g/mol. The molecule has 0 saturated carbocycles. The van der Waals surface area contributed by atoms with E-state index in [1.807, 2.05) is 31.2 Å². The average Bonchev–Trinajstić information content (AvgIpc) is 3.25. The largest absolute Gasteiger partial charge is 0.354 e. The Morgan fingerprint density at radius 3 is 2.83 bits per heavy atom. The van der Waals surface area contributed by atoms with E-state index >= 15 is 0 Å². The molecule has 128 valence electrons. The molecule has 3 rings (SSSR count). The highest BCUT2D eigenvalue weighted by molar-refractivity contribution is 5.77. The molecule has 1 unspecified atom stereocenters. The first-order valence-corrected chi connectivity index (χ1v) is 8.53. The zero-order valence-electron chi connectivity index (χ0n) is 14.3. The summed E-state index contributed by atoms with van der Waals surface area (Å²) in [5.74, 6) is 0.793. The molecule has 0 radical (unpaired) electrons. The van der Waals surface area contributed by atoms with E-state index in [1.165, 1.54) is 12.8 Å². The van der Waals surface area contributed by atoms with E-state index < -0.39 is 0 Å². The minimum atomic E-state index is -0.0824. The molecule has 1 aliphatic rings. The molecular formula is C18H24N4O2. The van der Waals surface area contributed by atoms with Crippen molar-refractivity contribution < 1.29 is 9.32 Å². The third-order valence-corrected chi connectivity index (χ3v) is 4.52. The molecule has 1 N–H and O–H groups in total. The number of benzene rings is 1. The van der Waals surface area contributed by atoms with E-state index in [0.29, 0.717) is 24.3 Å². The lowest BCUT2D eigenvalue weighted by Gasteiger charge is -2.23. The maximum Gasteiger partial charge on any atom is 0.236 e. The molecule has 2 aromatic rings. The summed E-state index contributed by atoms with van der Waals surface area (Å²) >= 11 is 0. The number of nitrogens with one attached hydrogen (secondary N) is 1. The van der Waals surface area contributed by atoms with E-state index in [2.05, 4.69) is 27.3 Å². The van der Waals surface area contributed by atoms with Crippen LogP contribution in [0, 0.1) is 6.92 Å². The Bertz CT molecular complexity index is 692. The van der Waals surface area contributed by atoms with Crippen LogP contribution in [0.5, 0.6) is 0 Å². The molecule has 24 heavy (non-hydrogen) atoms. The van der Waals surface area contributed by atoms with E-state index in [-0.39, 0.29) is 12.3 Å². The Hall–Kier alpha value is -2.21. The predicted octanol–water partition coefficient (Wildman–Crippen LogP) is 2.19. The molecule has 1 amide bonds. The van der Waals surface area contributed by atoms with Gasteiger partial charge in [0.05, 0.1) is 0 Å². The number of aromatic nitrogens is 2. The molecule has 6 heteroatoms. The van der Waals surface area contributed by atoms with Gasteiger partial charge in [-0.05, 0) is 45.3 Å². The summed E-state index contributed by atoms with van der Waals surface area (Å²) in [6, 6.07) is 8.21. The van der Waals surface area contributed by atoms with Crippen molar-refractivity contribution in [3.63, 3.8) is 0 Å². The Kier molecular flexibility index (Phi) is 5.25. The van der Waals surface area contributed by atoms with Crippen LogP contribution < -0.4 is 5.32 Å². The fourth-order valence-electron chi connectivity index (χ4n) is 3.03. The van der Waals surface area contributed by atoms with E-state index in [0.717, 1.165) is 24.2 Å². The van der Waals surface area contributed by atoms with E-state index in [4.69, 9.17) is 4.52 Å². The lowest BCUT2D eigenvalue weighted by atomic mass is 10.1. The highest BCUT2D eigenvalue weighted by Crippen LogP contribution is 2.19. The van der Waals surface area contributed by atoms with Gasteiger partial charge in [-0.25, -0.2) is 0 Å². The van der Waals surface area contributed by atoms with Crippen LogP contribution in [0.15, 0.2) is 28.8 Å². The average molecular weight is 328 g/mol. The van der Waals surface area contributed by atoms with Gasteiger partial charge in [0, 0.05) is 18.2 Å². The van der Waals surface area contributed by atoms with E-state index in [1.54, 1.807) is 0 Å². The van der Waals surface area contributed by atoms with Gasteiger partial charge in [-0.15, -0.1) is 0 Å². The minimum absolute atomic E-state index is 0.0824. The van der Waals surface area contributed by atoms with Crippen molar-refractivity contribution in [1.82, 2.24) is 20.4 Å². The Labute approximate surface area is 142 Å². The van der Waals surface area contributed by atoms with Gasteiger partial charge >= 0.3 is 0 Å². The molecule has 6 nitrogen and oxygen atoms in total. The summed E-state index contributed by atoms with van der Waals surface area (Å²) in [6.45, 7) is 7.05.